The maximum Gasteiger partial charge on any atom is 0.123 e. The van der Waals surface area contributed by atoms with E-state index in [-0.39, 0.29) is 4.99 Å². The van der Waals surface area contributed by atoms with E-state index in [4.69, 9.17) is 22.7 Å². The van der Waals surface area contributed by atoms with Crippen LogP contribution in [0.3, 0.4) is 0 Å². The lowest BCUT2D eigenvalue weighted by Crippen LogP contribution is -2.15. The van der Waals surface area contributed by atoms with Gasteiger partial charge in [0.25, 0.3) is 0 Å². The van der Waals surface area contributed by atoms with Crippen molar-refractivity contribution in [3.63, 3.8) is 0 Å². The van der Waals surface area contributed by atoms with Crippen LogP contribution in [-0.2, 0) is 6.61 Å². The van der Waals surface area contributed by atoms with Crippen molar-refractivity contribution in [1.82, 2.24) is 4.98 Å². The van der Waals surface area contributed by atoms with Crippen molar-refractivity contribution in [2.24, 2.45) is 5.73 Å². The molecule has 4 heteroatoms. The molecule has 2 aromatic carbocycles. The summed E-state index contributed by atoms with van der Waals surface area (Å²) in [5.74, 6) is 0.812. The Bertz CT molecular complexity index is 801. The van der Waals surface area contributed by atoms with Gasteiger partial charge in [0.15, 0.2) is 0 Å². The molecule has 3 nitrogen and oxygen atoms in total. The van der Waals surface area contributed by atoms with Gasteiger partial charge in [0.05, 0.1) is 0 Å². The van der Waals surface area contributed by atoms with Gasteiger partial charge >= 0.3 is 0 Å². The van der Waals surface area contributed by atoms with E-state index < -0.39 is 0 Å². The summed E-state index contributed by atoms with van der Waals surface area (Å²) >= 11 is 5.00. The van der Waals surface area contributed by atoms with Crippen LogP contribution in [0.2, 0.25) is 0 Å². The molecule has 0 aliphatic heterocycles. The molecule has 0 atom stereocenters. The predicted octanol–water partition coefficient (Wildman–Crippen LogP) is 3.45. The van der Waals surface area contributed by atoms with E-state index in [0.29, 0.717) is 12.3 Å². The zero-order valence-electron chi connectivity index (χ0n) is 11.3. The highest BCUT2D eigenvalue weighted by Gasteiger charge is 2.07. The normalized spacial score (nSPS) is 10.5. The molecule has 2 N–H and O–H groups in total. The molecule has 0 radical (unpaired) electrons. The Morgan fingerprint density at radius 3 is 2.67 bits per heavy atom. The van der Waals surface area contributed by atoms with E-state index in [2.05, 4.69) is 17.1 Å². The Hall–Kier alpha value is -2.46. The molecule has 1 aromatic heterocycles. The van der Waals surface area contributed by atoms with Crippen LogP contribution in [0.15, 0.2) is 60.8 Å². The molecule has 0 fully saturated rings. The smallest absolute Gasteiger partial charge is 0.123 e. The monoisotopic (exact) mass is 294 g/mol. The summed E-state index contributed by atoms with van der Waals surface area (Å²) in [5.41, 5.74) is 7.18. The van der Waals surface area contributed by atoms with Crippen LogP contribution in [0.4, 0.5) is 0 Å². The molecule has 0 aliphatic rings. The van der Waals surface area contributed by atoms with Crippen molar-refractivity contribution < 1.29 is 4.74 Å². The number of nitrogens with two attached hydrogens (primary N) is 1. The van der Waals surface area contributed by atoms with Crippen LogP contribution in [0.5, 0.6) is 5.75 Å². The summed E-state index contributed by atoms with van der Waals surface area (Å²) in [7, 11) is 0. The number of fused-ring (bicyclic) bond motifs is 1. The summed E-state index contributed by atoms with van der Waals surface area (Å²) in [6, 6.07) is 18.0. The lowest BCUT2D eigenvalue weighted by Gasteiger charge is -2.10. The van der Waals surface area contributed by atoms with Crippen molar-refractivity contribution in [2.75, 3.05) is 0 Å². The molecular weight excluding hydrogens is 280 g/mol. The van der Waals surface area contributed by atoms with Gasteiger partial charge < -0.3 is 10.5 Å². The third kappa shape index (κ3) is 3.01. The van der Waals surface area contributed by atoms with E-state index in [9.17, 15) is 0 Å². The molecule has 3 aromatic rings. The first-order valence-electron chi connectivity index (χ1n) is 6.59. The first kappa shape index (κ1) is 13.5. The predicted molar refractivity (Wildman–Crippen MR) is 88.4 cm³/mol. The highest BCUT2D eigenvalue weighted by Crippen LogP contribution is 2.21. The zero-order chi connectivity index (χ0) is 14.7. The third-order valence-corrected chi connectivity index (χ3v) is 3.43. The molecule has 0 saturated carbocycles. The molecule has 0 spiro atoms. The molecule has 0 unspecified atom stereocenters. The SMILES string of the molecule is NC(=S)c1ncccc1COc1ccc2ccccc2c1. The van der Waals surface area contributed by atoms with Crippen molar-refractivity contribution in [3.05, 3.63) is 72.1 Å². The Morgan fingerprint density at radius 1 is 1.05 bits per heavy atom. The van der Waals surface area contributed by atoms with Gasteiger partial charge in [0.1, 0.15) is 23.0 Å². The van der Waals surface area contributed by atoms with E-state index in [1.165, 1.54) is 5.39 Å². The number of pyridine rings is 1. The zero-order valence-corrected chi connectivity index (χ0v) is 12.1. The van der Waals surface area contributed by atoms with Crippen molar-refractivity contribution >= 4 is 28.0 Å². The second-order valence-electron chi connectivity index (χ2n) is 4.67. The largest absolute Gasteiger partial charge is 0.489 e. The summed E-state index contributed by atoms with van der Waals surface area (Å²) in [5, 5.41) is 2.34. The minimum absolute atomic E-state index is 0.285. The maximum atomic E-state index is 5.84. The van der Waals surface area contributed by atoms with Crippen molar-refractivity contribution in [2.45, 2.75) is 6.61 Å². The van der Waals surface area contributed by atoms with Gasteiger partial charge in [-0.3, -0.25) is 4.98 Å². The number of benzene rings is 2. The Balaban J connectivity index is 1.82. The number of hydrogen-bond acceptors (Lipinski definition) is 3. The van der Waals surface area contributed by atoms with Gasteiger partial charge in [0.2, 0.25) is 0 Å². The van der Waals surface area contributed by atoms with Crippen LogP contribution in [-0.4, -0.2) is 9.97 Å². The van der Waals surface area contributed by atoms with Crippen LogP contribution in [0, 0.1) is 0 Å². The molecule has 0 amide bonds. The molecule has 0 bridgehead atoms. The van der Waals surface area contributed by atoms with E-state index in [1.54, 1.807) is 6.20 Å². The fourth-order valence-corrected chi connectivity index (χ4v) is 2.38. The lowest BCUT2D eigenvalue weighted by atomic mass is 10.1. The maximum absolute atomic E-state index is 5.84. The highest BCUT2D eigenvalue weighted by atomic mass is 32.1. The van der Waals surface area contributed by atoms with E-state index >= 15 is 0 Å². The fraction of sp³-hybridized carbons (Fsp3) is 0.0588. The molecule has 3 rings (SSSR count). The number of hydrogen-bond donors (Lipinski definition) is 1. The summed E-state index contributed by atoms with van der Waals surface area (Å²) in [4.78, 5) is 4.48. The van der Waals surface area contributed by atoms with Gasteiger partial charge in [-0.25, -0.2) is 0 Å². The molecule has 104 valence electrons. The fourth-order valence-electron chi connectivity index (χ4n) is 2.20. The molecular formula is C17H14N2OS. The van der Waals surface area contributed by atoms with Crippen LogP contribution in [0.1, 0.15) is 11.3 Å². The average molecular weight is 294 g/mol. The lowest BCUT2D eigenvalue weighted by molar-refractivity contribution is 0.306. The number of ether oxygens (including phenoxy) is 1. The molecule has 21 heavy (non-hydrogen) atoms. The number of aromatic nitrogens is 1. The Labute approximate surface area is 128 Å². The second kappa shape index (κ2) is 5.89. The van der Waals surface area contributed by atoms with Crippen molar-refractivity contribution in [1.29, 1.82) is 0 Å². The first-order chi connectivity index (χ1) is 10.2. The number of rotatable bonds is 4. The standard InChI is InChI=1S/C17H14N2OS/c18-17(21)16-14(6-3-9-19-16)11-20-15-8-7-12-4-1-2-5-13(12)10-15/h1-10H,11H2,(H2,18,21). The van der Waals surface area contributed by atoms with Crippen LogP contribution < -0.4 is 10.5 Å². The highest BCUT2D eigenvalue weighted by molar-refractivity contribution is 7.80. The number of nitrogens with zero attached hydrogens (tertiary/aromatic N) is 1. The first-order valence-corrected chi connectivity index (χ1v) is 7.00. The molecule has 0 aliphatic carbocycles. The topological polar surface area (TPSA) is 48.1 Å². The van der Waals surface area contributed by atoms with E-state index in [0.717, 1.165) is 16.7 Å². The number of thiocarbonyl (C=S) groups is 1. The van der Waals surface area contributed by atoms with E-state index in [1.807, 2.05) is 42.5 Å². The summed E-state index contributed by atoms with van der Waals surface area (Å²) < 4.78 is 5.84. The quantitative estimate of drug-likeness (QED) is 0.749. The second-order valence-corrected chi connectivity index (χ2v) is 5.11. The average Bonchev–Trinajstić information content (AvgIpc) is 2.53. The Kier molecular flexibility index (Phi) is 3.79. The van der Waals surface area contributed by atoms with Gasteiger partial charge in [0, 0.05) is 11.8 Å². The molecule has 1 heterocycles. The minimum atomic E-state index is 0.285. The summed E-state index contributed by atoms with van der Waals surface area (Å²) in [6.07, 6.45) is 1.67. The third-order valence-electron chi connectivity index (χ3n) is 3.24. The van der Waals surface area contributed by atoms with Gasteiger partial charge in [-0.05, 0) is 29.0 Å². The summed E-state index contributed by atoms with van der Waals surface area (Å²) in [6.45, 7) is 0.388. The van der Waals surface area contributed by atoms with Crippen LogP contribution >= 0.6 is 12.2 Å². The molecule has 0 saturated heterocycles. The minimum Gasteiger partial charge on any atom is -0.489 e. The van der Waals surface area contributed by atoms with Gasteiger partial charge in [-0.15, -0.1) is 0 Å². The Morgan fingerprint density at radius 2 is 1.86 bits per heavy atom. The van der Waals surface area contributed by atoms with Crippen LogP contribution in [0.25, 0.3) is 10.8 Å². The van der Waals surface area contributed by atoms with Gasteiger partial charge in [-0.2, -0.15) is 0 Å². The van der Waals surface area contributed by atoms with Gasteiger partial charge in [-0.1, -0.05) is 48.6 Å². The van der Waals surface area contributed by atoms with Crippen molar-refractivity contribution in [3.8, 4) is 5.75 Å².